The number of benzene rings is 1. The number of allylic oxidation sites excluding steroid dienone is 4. The van der Waals surface area contributed by atoms with Crippen LogP contribution in [0.3, 0.4) is 0 Å². The molecule has 0 aliphatic carbocycles. The van der Waals surface area contributed by atoms with Crippen LogP contribution in [-0.2, 0) is 21.2 Å². The van der Waals surface area contributed by atoms with Crippen molar-refractivity contribution in [1.29, 1.82) is 0 Å². The van der Waals surface area contributed by atoms with E-state index in [-0.39, 0.29) is 10.7 Å². The van der Waals surface area contributed by atoms with Gasteiger partial charge in [0, 0.05) is 23.6 Å². The lowest BCUT2D eigenvalue weighted by Gasteiger charge is -2.07. The first-order valence-corrected chi connectivity index (χ1v) is 11.6. The fraction of sp³-hybridized carbons (Fsp3) is 0.143. The maximum Gasteiger partial charge on any atom is 0.263 e. The van der Waals surface area contributed by atoms with Gasteiger partial charge in [-0.15, -0.1) is 11.3 Å². The molecule has 3 rings (SSSR count). The first-order chi connectivity index (χ1) is 14.9. The molecule has 2 heterocycles. The predicted octanol–water partition coefficient (Wildman–Crippen LogP) is 4.80. The van der Waals surface area contributed by atoms with Crippen molar-refractivity contribution < 1.29 is 17.7 Å². The monoisotopic (exact) mass is 458 g/mol. The van der Waals surface area contributed by atoms with Crippen LogP contribution in [-0.4, -0.2) is 25.7 Å². The maximum atomic E-state index is 12.4. The van der Waals surface area contributed by atoms with E-state index >= 15 is 0 Å². The number of aryl methyl sites for hydroxylation is 1. The molecule has 0 bridgehead atoms. The van der Waals surface area contributed by atoms with E-state index in [1.54, 1.807) is 38.3 Å². The number of methoxy groups -OCH3 is 1. The van der Waals surface area contributed by atoms with E-state index in [9.17, 15) is 8.42 Å². The van der Waals surface area contributed by atoms with Gasteiger partial charge in [0.25, 0.3) is 10.0 Å². The second-order valence-corrected chi connectivity index (χ2v) is 8.88. The number of ether oxygens (including phenoxy) is 1. The van der Waals surface area contributed by atoms with E-state index in [1.165, 1.54) is 29.5 Å². The number of hydrogen-bond acceptors (Lipinski definition) is 8. The molecule has 0 aliphatic heterocycles. The van der Waals surface area contributed by atoms with Gasteiger partial charge in [-0.2, -0.15) is 0 Å². The van der Waals surface area contributed by atoms with Gasteiger partial charge in [-0.25, -0.2) is 13.4 Å². The molecule has 162 valence electrons. The molecule has 0 saturated heterocycles. The van der Waals surface area contributed by atoms with E-state index in [0.29, 0.717) is 23.1 Å². The van der Waals surface area contributed by atoms with Crippen LogP contribution in [0.15, 0.2) is 81.8 Å². The van der Waals surface area contributed by atoms with Gasteiger partial charge < -0.3 is 14.6 Å². The van der Waals surface area contributed by atoms with Crippen LogP contribution in [0, 0.1) is 6.92 Å². The Hall–Kier alpha value is -3.37. The average molecular weight is 459 g/mol. The van der Waals surface area contributed by atoms with Gasteiger partial charge >= 0.3 is 0 Å². The fourth-order valence-electron chi connectivity index (χ4n) is 2.51. The van der Waals surface area contributed by atoms with Crippen LogP contribution in [0.4, 0.5) is 16.6 Å². The molecule has 0 fully saturated rings. The summed E-state index contributed by atoms with van der Waals surface area (Å²) in [6, 6.07) is 7.87. The Labute approximate surface area is 185 Å². The van der Waals surface area contributed by atoms with Crippen molar-refractivity contribution >= 4 is 38.0 Å². The Morgan fingerprint density at radius 1 is 1.32 bits per heavy atom. The predicted molar refractivity (Wildman–Crippen MR) is 122 cm³/mol. The van der Waals surface area contributed by atoms with E-state index in [4.69, 9.17) is 9.26 Å². The highest BCUT2D eigenvalue weighted by Gasteiger charge is 2.16. The lowest BCUT2D eigenvalue weighted by molar-refractivity contribution is 0.307. The second kappa shape index (κ2) is 10.1. The minimum atomic E-state index is -3.75. The van der Waals surface area contributed by atoms with Crippen molar-refractivity contribution in [1.82, 2.24) is 10.1 Å². The first kappa shape index (κ1) is 22.3. The lowest BCUT2D eigenvalue weighted by Crippen LogP contribution is -2.13. The standard InChI is InChI=1S/C21H22N4O4S2/c1-4-6-18(28-3)8-5-7-17-14-30-21(23-17)22-16-9-11-19(12-10-16)31(26,27)25-20-13-15(2)29-24-20/h4-6,8-14H,1,7H2,2-3H3,(H,22,23)(H,24,25)/b8-5-,18-6+. The largest absolute Gasteiger partial charge is 0.497 e. The fourth-order valence-corrected chi connectivity index (χ4v) is 4.24. The summed E-state index contributed by atoms with van der Waals surface area (Å²) in [5.74, 6) is 1.37. The van der Waals surface area contributed by atoms with Crippen LogP contribution in [0.5, 0.6) is 0 Å². The Morgan fingerprint density at radius 2 is 2.10 bits per heavy atom. The Bertz CT molecular complexity index is 1190. The smallest absolute Gasteiger partial charge is 0.263 e. The number of sulfonamides is 1. The Kier molecular flexibility index (Phi) is 7.27. The summed E-state index contributed by atoms with van der Waals surface area (Å²) in [5.41, 5.74) is 1.63. The minimum Gasteiger partial charge on any atom is -0.497 e. The van der Waals surface area contributed by atoms with Crippen LogP contribution < -0.4 is 10.0 Å². The molecule has 2 aromatic heterocycles. The molecule has 0 saturated carbocycles. The molecule has 2 N–H and O–H groups in total. The minimum absolute atomic E-state index is 0.116. The number of anilines is 3. The quantitative estimate of drug-likeness (QED) is 0.332. The molecule has 0 amide bonds. The van der Waals surface area contributed by atoms with Crippen LogP contribution in [0.1, 0.15) is 11.5 Å². The number of aromatic nitrogens is 2. The summed E-state index contributed by atoms with van der Waals surface area (Å²) < 4.78 is 37.3. The van der Waals surface area contributed by atoms with Gasteiger partial charge in [0.1, 0.15) is 11.5 Å². The molecule has 8 nitrogen and oxygen atoms in total. The normalized spacial score (nSPS) is 12.1. The molecule has 0 aliphatic rings. The van der Waals surface area contributed by atoms with Crippen molar-refractivity contribution in [2.45, 2.75) is 18.2 Å². The zero-order chi connectivity index (χ0) is 22.3. The van der Waals surface area contributed by atoms with Crippen molar-refractivity contribution in [2.24, 2.45) is 0 Å². The third-order valence-corrected chi connectivity index (χ3v) is 6.14. The number of rotatable bonds is 10. The number of nitrogens with one attached hydrogen (secondary N) is 2. The number of hydrogen-bond donors (Lipinski definition) is 2. The van der Waals surface area contributed by atoms with E-state index in [0.717, 1.165) is 11.4 Å². The summed E-state index contributed by atoms with van der Waals surface area (Å²) in [7, 11) is -2.15. The molecular formula is C21H22N4O4S2. The SMILES string of the molecule is C=C/C=C(\C=C/Cc1csc(Nc2ccc(S(=O)(=O)Nc3cc(C)on3)cc2)n1)OC. The van der Waals surface area contributed by atoms with Crippen molar-refractivity contribution in [3.8, 4) is 0 Å². The topological polar surface area (TPSA) is 106 Å². The number of thiazole rings is 1. The van der Waals surface area contributed by atoms with Gasteiger partial charge in [-0.05, 0) is 43.3 Å². The average Bonchev–Trinajstić information content (AvgIpc) is 3.36. The van der Waals surface area contributed by atoms with Crippen molar-refractivity contribution in [3.63, 3.8) is 0 Å². The summed E-state index contributed by atoms with van der Waals surface area (Å²) in [5, 5.41) is 9.49. The van der Waals surface area contributed by atoms with E-state index in [2.05, 4.69) is 26.8 Å². The van der Waals surface area contributed by atoms with Crippen LogP contribution in [0.25, 0.3) is 0 Å². The Balaban J connectivity index is 1.61. The Morgan fingerprint density at radius 3 is 2.74 bits per heavy atom. The molecule has 31 heavy (non-hydrogen) atoms. The van der Waals surface area contributed by atoms with Gasteiger partial charge in [-0.3, -0.25) is 4.72 Å². The summed E-state index contributed by atoms with van der Waals surface area (Å²) in [6.07, 6.45) is 7.91. The van der Waals surface area contributed by atoms with Gasteiger partial charge in [0.15, 0.2) is 10.9 Å². The summed E-state index contributed by atoms with van der Waals surface area (Å²) >= 11 is 1.47. The molecule has 0 atom stereocenters. The summed E-state index contributed by atoms with van der Waals surface area (Å²) in [4.78, 5) is 4.65. The molecule has 3 aromatic rings. The molecule has 0 unspecified atom stereocenters. The van der Waals surface area contributed by atoms with Gasteiger partial charge in [0.05, 0.1) is 17.7 Å². The zero-order valence-electron chi connectivity index (χ0n) is 17.0. The molecular weight excluding hydrogens is 436 g/mol. The highest BCUT2D eigenvalue weighted by molar-refractivity contribution is 7.92. The van der Waals surface area contributed by atoms with E-state index < -0.39 is 10.0 Å². The molecule has 0 radical (unpaired) electrons. The molecule has 1 aromatic carbocycles. The lowest BCUT2D eigenvalue weighted by atomic mass is 10.3. The summed E-state index contributed by atoms with van der Waals surface area (Å²) in [6.45, 7) is 5.33. The highest BCUT2D eigenvalue weighted by atomic mass is 32.2. The molecule has 0 spiro atoms. The third kappa shape index (κ3) is 6.30. The third-order valence-electron chi connectivity index (χ3n) is 3.96. The zero-order valence-corrected chi connectivity index (χ0v) is 18.7. The van der Waals surface area contributed by atoms with Crippen LogP contribution >= 0.6 is 11.3 Å². The first-order valence-electron chi connectivity index (χ1n) is 9.20. The molecule has 10 heteroatoms. The van der Waals surface area contributed by atoms with Gasteiger partial charge in [0.2, 0.25) is 0 Å². The van der Waals surface area contributed by atoms with Crippen LogP contribution in [0.2, 0.25) is 0 Å². The van der Waals surface area contributed by atoms with E-state index in [1.807, 2.05) is 17.5 Å². The van der Waals surface area contributed by atoms with Crippen molar-refractivity contribution in [2.75, 3.05) is 17.1 Å². The number of nitrogens with zero attached hydrogens (tertiary/aromatic N) is 2. The second-order valence-electron chi connectivity index (χ2n) is 6.34. The van der Waals surface area contributed by atoms with Crippen molar-refractivity contribution in [3.05, 3.63) is 83.8 Å². The van der Waals surface area contributed by atoms with Gasteiger partial charge in [-0.1, -0.05) is 23.9 Å². The maximum absolute atomic E-state index is 12.4. The highest BCUT2D eigenvalue weighted by Crippen LogP contribution is 2.23.